The van der Waals surface area contributed by atoms with Gasteiger partial charge in [-0.15, -0.1) is 0 Å². The maximum atomic E-state index is 7.12. The predicted octanol–water partition coefficient (Wildman–Crippen LogP) is 4.93. The van der Waals surface area contributed by atoms with Gasteiger partial charge in [-0.25, -0.2) is 0 Å². The zero-order valence-electron chi connectivity index (χ0n) is 15.0. The van der Waals surface area contributed by atoms with Gasteiger partial charge in [-0.2, -0.15) is 0 Å². The van der Waals surface area contributed by atoms with E-state index in [9.17, 15) is 0 Å². The van der Waals surface area contributed by atoms with E-state index in [-0.39, 0.29) is 0 Å². The Morgan fingerprint density at radius 2 is 1.54 bits per heavy atom. The summed E-state index contributed by atoms with van der Waals surface area (Å²) >= 11 is 0. The highest BCUT2D eigenvalue weighted by atomic mass is 16.5. The maximum absolute atomic E-state index is 7.12. The maximum Gasteiger partial charge on any atom is 0.140 e. The monoisotopic (exact) mass is 327 g/mol. The van der Waals surface area contributed by atoms with Gasteiger partial charge < -0.3 is 10.2 Å². The van der Waals surface area contributed by atoms with E-state index in [4.69, 9.17) is 10.2 Å². The normalized spacial score (nSPS) is 23.7. The van der Waals surface area contributed by atoms with Crippen LogP contribution in [0.25, 0.3) is 0 Å². The van der Waals surface area contributed by atoms with E-state index in [1.165, 1.54) is 36.8 Å². The highest BCUT2D eigenvalue weighted by Gasteiger charge is 2.24. The highest BCUT2D eigenvalue weighted by Crippen LogP contribution is 2.40. The minimum Gasteiger partial charge on any atom is -0.371 e. The molecule has 0 aliphatic heterocycles. The molecule has 0 aromatic heterocycles. The molecule has 2 heteroatoms. The number of rotatable bonds is 3. The second-order valence-corrected chi connectivity index (χ2v) is 6.87. The molecule has 0 saturated heterocycles. The summed E-state index contributed by atoms with van der Waals surface area (Å²) < 4.78 is 0. The second kappa shape index (κ2) is 9.80. The first kappa shape index (κ1) is 19.0. The zero-order valence-corrected chi connectivity index (χ0v) is 15.0. The lowest BCUT2D eigenvalue weighted by Crippen LogP contribution is -2.16. The van der Waals surface area contributed by atoms with Crippen LogP contribution in [0.2, 0.25) is 0 Å². The van der Waals surface area contributed by atoms with Gasteiger partial charge >= 0.3 is 0 Å². The van der Waals surface area contributed by atoms with Gasteiger partial charge in [0.2, 0.25) is 0 Å². The van der Waals surface area contributed by atoms with Crippen molar-refractivity contribution < 1.29 is 10.2 Å². The Hall–Kier alpha value is -1.38. The van der Waals surface area contributed by atoms with Gasteiger partial charge in [0.25, 0.3) is 0 Å². The molecule has 0 bridgehead atoms. The molecule has 1 aromatic rings. The van der Waals surface area contributed by atoms with Crippen LogP contribution in [0.5, 0.6) is 0 Å². The van der Waals surface area contributed by atoms with Crippen LogP contribution in [0.4, 0.5) is 0 Å². The van der Waals surface area contributed by atoms with Gasteiger partial charge in [0.15, 0.2) is 0 Å². The summed E-state index contributed by atoms with van der Waals surface area (Å²) in [6.07, 6.45) is 14.8. The Balaban J connectivity index is 0.000000647. The lowest BCUT2D eigenvalue weighted by Gasteiger charge is -2.31. The third-order valence-electron chi connectivity index (χ3n) is 5.28. The molecule has 3 rings (SSSR count). The lowest BCUT2D eigenvalue weighted by atomic mass is 9.74. The number of benzene rings is 1. The standard InChI is InChI=1S/C21H27.CH4O2/c1-3-17-6-10-19(11-7-17)21-14-12-20(13-15-21)18-8-4-16(2)5-9-18;2-1-3/h4,6-11,20-21H,3,5,12-15H2,1-2H3;2-3H,1H2. The molecule has 131 valence electrons. The van der Waals surface area contributed by atoms with E-state index in [1.54, 1.807) is 11.1 Å². The Morgan fingerprint density at radius 1 is 0.958 bits per heavy atom. The SMILES string of the molecule is CCc1ccc(C2CCC(C3=CCC(C)=C[CH]3)CC2)cc1.OCO. The molecule has 0 heterocycles. The van der Waals surface area contributed by atoms with Crippen LogP contribution in [-0.4, -0.2) is 17.0 Å². The summed E-state index contributed by atoms with van der Waals surface area (Å²) in [7, 11) is 0. The topological polar surface area (TPSA) is 40.5 Å². The van der Waals surface area contributed by atoms with Crippen LogP contribution in [0.1, 0.15) is 63.0 Å². The van der Waals surface area contributed by atoms with E-state index < -0.39 is 6.79 Å². The molecule has 0 atom stereocenters. The third kappa shape index (κ3) is 5.32. The molecule has 1 aromatic carbocycles. The highest BCUT2D eigenvalue weighted by molar-refractivity contribution is 5.33. The fraction of sp³-hybridized carbons (Fsp3) is 0.500. The minimum atomic E-state index is -0.750. The summed E-state index contributed by atoms with van der Waals surface area (Å²) in [4.78, 5) is 0. The molecule has 2 aliphatic rings. The van der Waals surface area contributed by atoms with Crippen molar-refractivity contribution in [2.75, 3.05) is 6.79 Å². The number of aliphatic hydroxyl groups excluding tert-OH is 1. The van der Waals surface area contributed by atoms with Crippen molar-refractivity contribution in [1.29, 1.82) is 0 Å². The largest absolute Gasteiger partial charge is 0.371 e. The van der Waals surface area contributed by atoms with Gasteiger partial charge in [-0.1, -0.05) is 54.5 Å². The fourth-order valence-corrected chi connectivity index (χ4v) is 3.74. The van der Waals surface area contributed by atoms with Crippen molar-refractivity contribution in [3.63, 3.8) is 0 Å². The van der Waals surface area contributed by atoms with Crippen molar-refractivity contribution in [1.82, 2.24) is 0 Å². The van der Waals surface area contributed by atoms with Crippen molar-refractivity contribution >= 4 is 0 Å². The van der Waals surface area contributed by atoms with Crippen LogP contribution in [-0.2, 0) is 6.42 Å². The molecule has 2 N–H and O–H groups in total. The molecule has 1 saturated carbocycles. The molecule has 0 amide bonds. The number of hydrogen-bond donors (Lipinski definition) is 2. The summed E-state index contributed by atoms with van der Waals surface area (Å²) in [6.45, 7) is 3.70. The van der Waals surface area contributed by atoms with E-state index in [2.05, 4.69) is 56.7 Å². The number of allylic oxidation sites excluding steroid dienone is 4. The molecule has 0 spiro atoms. The molecular formula is C22H31O2. The number of hydrogen-bond acceptors (Lipinski definition) is 2. The first-order chi connectivity index (χ1) is 11.7. The van der Waals surface area contributed by atoms with E-state index >= 15 is 0 Å². The Labute approximate surface area is 146 Å². The van der Waals surface area contributed by atoms with E-state index in [1.807, 2.05) is 0 Å². The number of aliphatic hydroxyl groups is 2. The summed E-state index contributed by atoms with van der Waals surface area (Å²) in [5.41, 5.74) is 6.10. The van der Waals surface area contributed by atoms with Crippen molar-refractivity contribution in [3.05, 3.63) is 65.1 Å². The van der Waals surface area contributed by atoms with E-state index in [0.29, 0.717) is 0 Å². The summed E-state index contributed by atoms with van der Waals surface area (Å²) in [5, 5.41) is 14.2. The van der Waals surface area contributed by atoms with Crippen molar-refractivity contribution in [3.8, 4) is 0 Å². The smallest absolute Gasteiger partial charge is 0.140 e. The van der Waals surface area contributed by atoms with E-state index in [0.717, 1.165) is 24.7 Å². The number of aryl methyl sites for hydroxylation is 1. The van der Waals surface area contributed by atoms with Gasteiger partial charge in [0.05, 0.1) is 0 Å². The molecular weight excluding hydrogens is 296 g/mol. The summed E-state index contributed by atoms with van der Waals surface area (Å²) in [5.74, 6) is 1.59. The summed E-state index contributed by atoms with van der Waals surface area (Å²) in [6, 6.07) is 9.35. The van der Waals surface area contributed by atoms with Crippen LogP contribution in [0.15, 0.2) is 47.6 Å². The third-order valence-corrected chi connectivity index (χ3v) is 5.28. The zero-order chi connectivity index (χ0) is 17.4. The lowest BCUT2D eigenvalue weighted by molar-refractivity contribution is 0.0773. The molecule has 0 unspecified atom stereocenters. The second-order valence-electron chi connectivity index (χ2n) is 6.87. The average molecular weight is 327 g/mol. The van der Waals surface area contributed by atoms with Crippen LogP contribution >= 0.6 is 0 Å². The molecule has 24 heavy (non-hydrogen) atoms. The van der Waals surface area contributed by atoms with Crippen LogP contribution in [0.3, 0.4) is 0 Å². The molecule has 2 nitrogen and oxygen atoms in total. The molecule has 1 radical (unpaired) electrons. The Morgan fingerprint density at radius 3 is 2.04 bits per heavy atom. The van der Waals surface area contributed by atoms with Gasteiger partial charge in [-0.3, -0.25) is 0 Å². The van der Waals surface area contributed by atoms with Gasteiger partial charge in [-0.05, 0) is 68.4 Å². The van der Waals surface area contributed by atoms with Crippen molar-refractivity contribution in [2.45, 2.75) is 58.3 Å². The first-order valence-electron chi connectivity index (χ1n) is 9.19. The quantitative estimate of drug-likeness (QED) is 0.773. The molecule has 2 aliphatic carbocycles. The van der Waals surface area contributed by atoms with Crippen molar-refractivity contribution in [2.24, 2.45) is 5.92 Å². The van der Waals surface area contributed by atoms with Gasteiger partial charge in [0.1, 0.15) is 6.79 Å². The predicted molar refractivity (Wildman–Crippen MR) is 101 cm³/mol. The molecule has 1 fully saturated rings. The Bertz CT molecular complexity index is 546. The van der Waals surface area contributed by atoms with Crippen LogP contribution in [0, 0.1) is 12.3 Å². The minimum absolute atomic E-state index is 0.750. The fourth-order valence-electron chi connectivity index (χ4n) is 3.74. The first-order valence-corrected chi connectivity index (χ1v) is 9.19. The Kier molecular flexibility index (Phi) is 7.74. The average Bonchev–Trinajstić information content (AvgIpc) is 2.63. The van der Waals surface area contributed by atoms with Crippen LogP contribution < -0.4 is 0 Å². The van der Waals surface area contributed by atoms with Gasteiger partial charge in [0, 0.05) is 6.42 Å².